The van der Waals surface area contributed by atoms with Crippen molar-refractivity contribution in [1.82, 2.24) is 4.98 Å². The lowest BCUT2D eigenvalue weighted by molar-refractivity contribution is 1.40. The maximum Gasteiger partial charge on any atom is 0.0722 e. The zero-order valence-corrected chi connectivity index (χ0v) is 13.8. The lowest BCUT2D eigenvalue weighted by atomic mass is 10.0. The van der Waals surface area contributed by atoms with Gasteiger partial charge in [-0.2, -0.15) is 0 Å². The maximum absolute atomic E-state index is 4.91. The molecule has 1 aromatic heterocycles. The summed E-state index contributed by atoms with van der Waals surface area (Å²) in [4.78, 5) is 4.91. The number of hydrogen-bond donors (Lipinski definition) is 0. The van der Waals surface area contributed by atoms with Gasteiger partial charge in [0.1, 0.15) is 0 Å². The zero-order valence-electron chi connectivity index (χ0n) is 12.3. The maximum atomic E-state index is 4.91. The van der Waals surface area contributed by atoms with Crippen molar-refractivity contribution in [2.75, 3.05) is 0 Å². The molecule has 1 nitrogen and oxygen atoms in total. The molecule has 0 unspecified atom stereocenters. The van der Waals surface area contributed by atoms with Crippen LogP contribution in [0.4, 0.5) is 0 Å². The molecule has 0 fully saturated rings. The third kappa shape index (κ3) is 1.88. The molecule has 1 aliphatic carbocycles. The van der Waals surface area contributed by atoms with E-state index in [0.29, 0.717) is 0 Å². The van der Waals surface area contributed by atoms with Gasteiger partial charge in [-0.3, -0.25) is 0 Å². The summed E-state index contributed by atoms with van der Waals surface area (Å²) in [5, 5.41) is 1.27. The molecule has 23 heavy (non-hydrogen) atoms. The monoisotopic (exact) mass is 357 g/mol. The molecule has 0 spiro atoms. The van der Waals surface area contributed by atoms with Gasteiger partial charge in [0.05, 0.1) is 11.2 Å². The zero-order chi connectivity index (χ0) is 15.4. The number of rotatable bonds is 1. The smallest absolute Gasteiger partial charge is 0.0722 e. The number of halogens is 1. The highest BCUT2D eigenvalue weighted by atomic mass is 79.9. The van der Waals surface area contributed by atoms with Crippen molar-refractivity contribution in [3.63, 3.8) is 0 Å². The molecule has 0 saturated carbocycles. The molecular formula is C21H12BrN. The second-order valence-corrected chi connectivity index (χ2v) is 6.73. The van der Waals surface area contributed by atoms with E-state index in [1.54, 1.807) is 0 Å². The third-order valence-corrected chi connectivity index (χ3v) is 4.95. The highest BCUT2D eigenvalue weighted by Crippen LogP contribution is 2.47. The van der Waals surface area contributed by atoms with Crippen LogP contribution in [0.15, 0.2) is 77.3 Å². The number of benzene rings is 3. The Balaban J connectivity index is 1.87. The van der Waals surface area contributed by atoms with E-state index in [2.05, 4.69) is 82.7 Å². The molecule has 0 saturated heterocycles. The van der Waals surface area contributed by atoms with Crippen LogP contribution < -0.4 is 0 Å². The molecule has 108 valence electrons. The number of pyridine rings is 1. The van der Waals surface area contributed by atoms with Crippen molar-refractivity contribution >= 4 is 26.8 Å². The van der Waals surface area contributed by atoms with E-state index >= 15 is 0 Å². The summed E-state index contributed by atoms with van der Waals surface area (Å²) in [6, 6.07) is 25.5. The van der Waals surface area contributed by atoms with Crippen LogP contribution in [-0.4, -0.2) is 4.98 Å². The second kappa shape index (κ2) is 4.77. The van der Waals surface area contributed by atoms with Crippen LogP contribution in [0.5, 0.6) is 0 Å². The fraction of sp³-hybridized carbons (Fsp3) is 0. The van der Waals surface area contributed by atoms with Gasteiger partial charge >= 0.3 is 0 Å². The van der Waals surface area contributed by atoms with Gasteiger partial charge in [-0.05, 0) is 46.5 Å². The molecule has 0 radical (unpaired) electrons. The Morgan fingerprint density at radius 3 is 2.22 bits per heavy atom. The van der Waals surface area contributed by atoms with Crippen LogP contribution in [0.1, 0.15) is 0 Å². The summed E-state index contributed by atoms with van der Waals surface area (Å²) >= 11 is 3.55. The molecule has 5 rings (SSSR count). The van der Waals surface area contributed by atoms with E-state index in [0.717, 1.165) is 21.2 Å². The SMILES string of the molecule is Brc1cccc(-c2cc3c4c(cccc4n2)-c2ccccc2-3)c1. The highest BCUT2D eigenvalue weighted by Gasteiger charge is 2.22. The Kier molecular flexibility index (Phi) is 2.70. The van der Waals surface area contributed by atoms with Crippen LogP contribution in [0.25, 0.3) is 44.4 Å². The Morgan fingerprint density at radius 2 is 1.39 bits per heavy atom. The largest absolute Gasteiger partial charge is 0.248 e. The topological polar surface area (TPSA) is 12.9 Å². The van der Waals surface area contributed by atoms with E-state index in [4.69, 9.17) is 4.98 Å². The van der Waals surface area contributed by atoms with E-state index < -0.39 is 0 Å². The molecule has 0 amide bonds. The molecule has 4 aromatic rings. The lowest BCUT2D eigenvalue weighted by Crippen LogP contribution is -1.87. The van der Waals surface area contributed by atoms with Crippen molar-refractivity contribution in [3.8, 4) is 33.5 Å². The average Bonchev–Trinajstić information content (AvgIpc) is 2.91. The molecule has 1 heterocycles. The van der Waals surface area contributed by atoms with Crippen molar-refractivity contribution in [2.45, 2.75) is 0 Å². The minimum atomic E-state index is 1.02. The van der Waals surface area contributed by atoms with Gasteiger partial charge in [0, 0.05) is 15.4 Å². The van der Waals surface area contributed by atoms with Crippen LogP contribution in [-0.2, 0) is 0 Å². The Labute approximate surface area is 142 Å². The van der Waals surface area contributed by atoms with E-state index in [1.165, 1.54) is 27.6 Å². The van der Waals surface area contributed by atoms with Crippen molar-refractivity contribution in [3.05, 3.63) is 77.3 Å². The first-order valence-corrected chi connectivity index (χ1v) is 8.40. The first-order chi connectivity index (χ1) is 11.3. The van der Waals surface area contributed by atoms with Gasteiger partial charge in [-0.1, -0.05) is 64.5 Å². The van der Waals surface area contributed by atoms with Crippen molar-refractivity contribution in [1.29, 1.82) is 0 Å². The summed E-state index contributed by atoms with van der Waals surface area (Å²) < 4.78 is 1.07. The predicted molar refractivity (Wildman–Crippen MR) is 99.3 cm³/mol. The highest BCUT2D eigenvalue weighted by molar-refractivity contribution is 9.10. The molecule has 0 aliphatic heterocycles. The first-order valence-electron chi connectivity index (χ1n) is 7.61. The Morgan fingerprint density at radius 1 is 0.652 bits per heavy atom. The molecule has 3 aromatic carbocycles. The lowest BCUT2D eigenvalue weighted by Gasteiger charge is -2.07. The normalized spacial score (nSPS) is 11.7. The van der Waals surface area contributed by atoms with Gasteiger partial charge in [-0.15, -0.1) is 0 Å². The molecule has 1 aliphatic rings. The summed E-state index contributed by atoms with van der Waals surface area (Å²) in [6.45, 7) is 0. The van der Waals surface area contributed by atoms with Crippen molar-refractivity contribution in [2.24, 2.45) is 0 Å². The molecule has 0 bridgehead atoms. The molecule has 0 N–H and O–H groups in total. The van der Waals surface area contributed by atoms with Gasteiger partial charge in [-0.25, -0.2) is 4.98 Å². The fourth-order valence-corrected chi connectivity index (χ4v) is 3.87. The second-order valence-electron chi connectivity index (χ2n) is 5.81. The minimum Gasteiger partial charge on any atom is -0.248 e. The van der Waals surface area contributed by atoms with Gasteiger partial charge in [0.25, 0.3) is 0 Å². The number of aromatic nitrogens is 1. The average molecular weight is 358 g/mol. The first kappa shape index (κ1) is 13.0. The Hall–Kier alpha value is -2.45. The fourth-order valence-electron chi connectivity index (χ4n) is 3.47. The number of fused-ring (bicyclic) bond motifs is 3. The number of hydrogen-bond acceptors (Lipinski definition) is 1. The van der Waals surface area contributed by atoms with Crippen LogP contribution >= 0.6 is 15.9 Å². The molecule has 0 atom stereocenters. The van der Waals surface area contributed by atoms with Crippen LogP contribution in [0.3, 0.4) is 0 Å². The standard InChI is InChI=1S/C21H12BrN/c22-14-6-3-5-13(11-14)20-12-18-16-8-2-1-7-15(16)17-9-4-10-19(23-20)21(17)18/h1-12H. The third-order valence-electron chi connectivity index (χ3n) is 4.46. The summed E-state index contributed by atoms with van der Waals surface area (Å²) in [5.41, 5.74) is 8.40. The van der Waals surface area contributed by atoms with E-state index in [1.807, 2.05) is 6.07 Å². The number of nitrogens with zero attached hydrogens (tertiary/aromatic N) is 1. The molecule has 2 heteroatoms. The summed E-state index contributed by atoms with van der Waals surface area (Å²) in [6.07, 6.45) is 0. The van der Waals surface area contributed by atoms with Crippen LogP contribution in [0.2, 0.25) is 0 Å². The van der Waals surface area contributed by atoms with Gasteiger partial charge < -0.3 is 0 Å². The summed E-state index contributed by atoms with van der Waals surface area (Å²) in [5.74, 6) is 0. The van der Waals surface area contributed by atoms with Crippen molar-refractivity contribution < 1.29 is 0 Å². The molecular weight excluding hydrogens is 346 g/mol. The van der Waals surface area contributed by atoms with Gasteiger partial charge in [0.2, 0.25) is 0 Å². The van der Waals surface area contributed by atoms with Crippen LogP contribution in [0, 0.1) is 0 Å². The Bertz CT molecular complexity index is 1080. The predicted octanol–water partition coefficient (Wildman–Crippen LogP) is 6.31. The van der Waals surface area contributed by atoms with Gasteiger partial charge in [0.15, 0.2) is 0 Å². The van der Waals surface area contributed by atoms with E-state index in [9.17, 15) is 0 Å². The minimum absolute atomic E-state index is 1.02. The summed E-state index contributed by atoms with van der Waals surface area (Å²) in [7, 11) is 0. The quantitative estimate of drug-likeness (QED) is 0.342. The van der Waals surface area contributed by atoms with E-state index in [-0.39, 0.29) is 0 Å².